The van der Waals surface area contributed by atoms with Crippen molar-refractivity contribution in [3.8, 4) is 0 Å². The average molecular weight is 724 g/mol. The van der Waals surface area contributed by atoms with Crippen molar-refractivity contribution in [2.24, 2.45) is 0 Å². The van der Waals surface area contributed by atoms with Crippen LogP contribution in [-0.2, 0) is 43.1 Å². The number of nitrogens with one attached hydrogen (secondary N) is 1. The first kappa shape index (κ1) is 32.4. The zero-order valence-corrected chi connectivity index (χ0v) is 27.5. The molecule has 9 atom stereocenters. The Morgan fingerprint density at radius 1 is 1.13 bits per heavy atom. The van der Waals surface area contributed by atoms with Gasteiger partial charge in [-0.15, -0.1) is 0 Å². The van der Waals surface area contributed by atoms with Crippen LogP contribution in [0.25, 0.3) is 11.2 Å². The summed E-state index contributed by atoms with van der Waals surface area (Å²) < 4.78 is 56.4. The van der Waals surface area contributed by atoms with Crippen LogP contribution in [0, 0.1) is 0 Å². The first-order chi connectivity index (χ1) is 21.9. The number of ether oxygens (including phenoxy) is 2. The van der Waals surface area contributed by atoms with Gasteiger partial charge in [-0.1, -0.05) is 0 Å². The molecule has 3 saturated heterocycles. The second-order valence-electron chi connectivity index (χ2n) is 10.8. The van der Waals surface area contributed by atoms with E-state index in [4.69, 9.17) is 43.6 Å². The molecule has 4 aliphatic rings. The molecule has 7 rings (SSSR count). The molecule has 0 spiro atoms. The van der Waals surface area contributed by atoms with Crippen LogP contribution >= 0.6 is 38.4 Å². The molecule has 46 heavy (non-hydrogen) atoms. The number of rotatable bonds is 3. The normalized spacial score (nSPS) is 36.8. The van der Waals surface area contributed by atoms with Gasteiger partial charge in [-0.25, -0.2) is 0 Å². The number of imidazole rings is 1. The van der Waals surface area contributed by atoms with Crippen molar-refractivity contribution in [1.82, 2.24) is 29.5 Å². The zero-order chi connectivity index (χ0) is 32.5. The van der Waals surface area contributed by atoms with E-state index in [-0.39, 0.29) is 41.9 Å². The molecular formula is C22H31N9O11P2S2. The Morgan fingerprint density at radius 3 is 2.70 bits per heavy atom. The van der Waals surface area contributed by atoms with Crippen molar-refractivity contribution >= 4 is 67.2 Å². The van der Waals surface area contributed by atoms with Crippen LogP contribution in [0.4, 0.5) is 17.6 Å². The number of hydrogen-bond donors (Lipinski definition) is 7. The van der Waals surface area contributed by atoms with Crippen LogP contribution in [0.2, 0.25) is 0 Å². The first-order valence-corrected chi connectivity index (χ1v) is 19.6. The molecule has 0 saturated carbocycles. The summed E-state index contributed by atoms with van der Waals surface area (Å²) in [4.78, 5) is 33.2. The summed E-state index contributed by atoms with van der Waals surface area (Å²) in [5.41, 5.74) is 12.2. The number of aliphatic hydroxyl groups excluding tert-OH is 2. The Balaban J connectivity index is 1.20. The van der Waals surface area contributed by atoms with Crippen molar-refractivity contribution in [3.05, 3.63) is 28.6 Å². The molecule has 7 heterocycles. The minimum absolute atomic E-state index is 0.105. The Morgan fingerprint density at radius 2 is 1.91 bits per heavy atom. The molecular weight excluding hydrogens is 692 g/mol. The van der Waals surface area contributed by atoms with Crippen LogP contribution in [0.3, 0.4) is 0 Å². The maximum atomic E-state index is 13.5. The van der Waals surface area contributed by atoms with Gasteiger partial charge < -0.3 is 0 Å². The van der Waals surface area contributed by atoms with E-state index in [1.54, 1.807) is 4.90 Å². The number of H-pyrrole nitrogens is 1. The van der Waals surface area contributed by atoms with Gasteiger partial charge in [-0.3, -0.25) is 0 Å². The van der Waals surface area contributed by atoms with Crippen molar-refractivity contribution in [1.29, 1.82) is 0 Å². The Labute approximate surface area is 270 Å². The van der Waals surface area contributed by atoms with Gasteiger partial charge in [-0.2, -0.15) is 0 Å². The molecule has 9 unspecified atom stereocenters. The van der Waals surface area contributed by atoms with Crippen molar-refractivity contribution in [2.45, 2.75) is 55.5 Å². The van der Waals surface area contributed by atoms with E-state index in [2.05, 4.69) is 49.4 Å². The molecule has 3 aromatic heterocycles. The number of nitrogens with zero attached hydrogens (tertiary/aromatic N) is 6. The van der Waals surface area contributed by atoms with Crippen molar-refractivity contribution < 1.29 is 46.9 Å². The van der Waals surface area contributed by atoms with E-state index in [0.29, 0.717) is 12.0 Å². The van der Waals surface area contributed by atoms with Gasteiger partial charge in [0.25, 0.3) is 0 Å². The number of hydrogen-bond acceptors (Lipinski definition) is 19. The molecule has 0 amide bonds. The summed E-state index contributed by atoms with van der Waals surface area (Å²) in [5, 5.41) is 22.7. The van der Waals surface area contributed by atoms with Gasteiger partial charge in [0.2, 0.25) is 0 Å². The molecule has 24 heteroatoms. The number of nitrogens with two attached hydrogens (primary N) is 2. The molecule has 252 valence electrons. The Bertz CT molecular complexity index is 1760. The summed E-state index contributed by atoms with van der Waals surface area (Å²) in [7, 11) is -2.64. The fourth-order valence-corrected chi connectivity index (χ4v) is 9.24. The van der Waals surface area contributed by atoms with Gasteiger partial charge >= 0.3 is 271 Å². The topological polar surface area (TPSA) is 267 Å². The van der Waals surface area contributed by atoms with Gasteiger partial charge in [-0.05, 0) is 0 Å². The first-order valence-electron chi connectivity index (χ1n) is 13.9. The van der Waals surface area contributed by atoms with Crippen LogP contribution in [0.15, 0.2) is 17.4 Å². The number of aromatic nitrogens is 6. The molecule has 4 aliphatic heterocycles. The van der Waals surface area contributed by atoms with Gasteiger partial charge in [0.1, 0.15) is 0 Å². The zero-order valence-electron chi connectivity index (χ0n) is 23.9. The standard InChI is InChI=1S/C22H31N9O11P2S2/c1-36-44(46)38-5-10-14(13(33)20(40-10)31-7-27-11-16(23)25-6-26-18(11)31)41-43(35,45)37-4-9-12(32)15(42-44)21(39-9)30-3-2-8-17(30)28-22(24)29-19(8)34/h6-7,9-10,12-15,20-21,32-33,44,46H,2-5H2,1H3,(H,35,45)(H2,23,25,26)(H3,24,28,29,34). The molecule has 0 aliphatic carbocycles. The second-order valence-corrected chi connectivity index (χ2v) is 17.3. The number of fused-ring (bicyclic) bond motifs is 5. The molecule has 2 bridgehead atoms. The van der Waals surface area contributed by atoms with Crippen molar-refractivity contribution in [3.63, 3.8) is 0 Å². The van der Waals surface area contributed by atoms with Crippen LogP contribution in [0.1, 0.15) is 11.8 Å². The van der Waals surface area contributed by atoms with E-state index in [1.165, 1.54) is 24.3 Å². The molecule has 0 radical (unpaired) electrons. The Kier molecular flexibility index (Phi) is 8.49. The third kappa shape index (κ3) is 5.68. The average Bonchev–Trinajstić information content (AvgIpc) is 3.77. The number of anilines is 3. The molecule has 7 N–H and O–H groups in total. The third-order valence-corrected chi connectivity index (χ3v) is 12.6. The van der Waals surface area contributed by atoms with E-state index in [1.807, 2.05) is 0 Å². The van der Waals surface area contributed by atoms with E-state index in [9.17, 15) is 19.6 Å². The molecule has 20 nitrogen and oxygen atoms in total. The number of aliphatic hydroxyl groups is 2. The fourth-order valence-electron chi connectivity index (χ4n) is 5.91. The molecule has 0 aromatic carbocycles. The predicted octanol–water partition coefficient (Wildman–Crippen LogP) is -0.678. The van der Waals surface area contributed by atoms with Gasteiger partial charge in [0.15, 0.2) is 0 Å². The summed E-state index contributed by atoms with van der Waals surface area (Å²) in [5.74, 6) is 0.269. The monoisotopic (exact) mass is 723 g/mol. The second kappa shape index (κ2) is 12.1. The quantitative estimate of drug-likeness (QED) is 0.130. The Hall–Kier alpha value is -2.17. The predicted molar refractivity (Wildman–Crippen MR) is 167 cm³/mol. The summed E-state index contributed by atoms with van der Waals surface area (Å²) in [6, 6.07) is 0. The molecule has 3 fully saturated rings. The van der Waals surface area contributed by atoms with Crippen LogP contribution in [0.5, 0.6) is 0 Å². The summed E-state index contributed by atoms with van der Waals surface area (Å²) in [6.45, 7) is -4.80. The fraction of sp³-hybridized carbons (Fsp3) is 0.591. The maximum absolute atomic E-state index is 13.5. The molecule has 3 aromatic rings. The van der Waals surface area contributed by atoms with Crippen LogP contribution in [-0.4, -0.2) is 109 Å². The number of thiol groups is 2. The number of nitrogen functional groups attached to an aromatic ring is 2. The van der Waals surface area contributed by atoms with E-state index in [0.717, 1.165) is 0 Å². The van der Waals surface area contributed by atoms with Gasteiger partial charge in [0.05, 0.1) is 0 Å². The summed E-state index contributed by atoms with van der Waals surface area (Å²) in [6.07, 6.45) is -6.88. The number of aromatic amines is 1. The van der Waals surface area contributed by atoms with Crippen LogP contribution < -0.4 is 21.9 Å². The minimum atomic E-state index is -4.26. The summed E-state index contributed by atoms with van der Waals surface area (Å²) >= 11 is 8.73. The SMILES string of the molecule is CO[PH]1(S)OCC2OC(n3cnc4c(N)ncnc43)C(O)C2OP(=O)(S)OCC2OC(N3CCc4c3nc(N)[nH]c4=O)C(O1)C2O. The van der Waals surface area contributed by atoms with E-state index >= 15 is 0 Å². The van der Waals surface area contributed by atoms with E-state index < -0.39 is 75.2 Å². The third-order valence-electron chi connectivity index (χ3n) is 8.11. The van der Waals surface area contributed by atoms with Crippen molar-refractivity contribution in [2.75, 3.05) is 43.2 Å². The van der Waals surface area contributed by atoms with Gasteiger partial charge in [0, 0.05) is 0 Å².